The van der Waals surface area contributed by atoms with Gasteiger partial charge < -0.3 is 9.47 Å². The molecule has 0 bridgehead atoms. The number of hydrogen-bond donors (Lipinski definition) is 0. The second kappa shape index (κ2) is 7.00. The summed E-state index contributed by atoms with van der Waals surface area (Å²) in [4.78, 5) is 0. The third-order valence-electron chi connectivity index (χ3n) is 4.51. The zero-order valence-corrected chi connectivity index (χ0v) is 13.5. The van der Waals surface area contributed by atoms with Crippen molar-refractivity contribution in [1.82, 2.24) is 0 Å². The first-order valence-electron chi connectivity index (χ1n) is 8.31. The molecule has 1 aliphatic rings. The molecule has 120 valence electrons. The monoisotopic (exact) mass is 316 g/mol. The molecule has 1 fully saturated rings. The molecule has 1 saturated heterocycles. The second-order valence-corrected chi connectivity index (χ2v) is 6.12. The van der Waals surface area contributed by atoms with Crippen LogP contribution in [0.15, 0.2) is 78.9 Å². The highest BCUT2D eigenvalue weighted by Gasteiger charge is 2.16. The first kappa shape index (κ1) is 15.1. The van der Waals surface area contributed by atoms with Gasteiger partial charge in [-0.3, -0.25) is 0 Å². The molecule has 0 spiro atoms. The van der Waals surface area contributed by atoms with Crippen LogP contribution in [-0.4, -0.2) is 20.0 Å². The minimum Gasteiger partial charge on any atom is -0.355 e. The SMILES string of the molecule is c1ccc(-c2ccc(-c3ccc(C4COCOC4)cc3)cc2)cc1. The van der Waals surface area contributed by atoms with E-state index in [-0.39, 0.29) is 0 Å². The molecule has 0 unspecified atom stereocenters. The zero-order chi connectivity index (χ0) is 16.2. The highest BCUT2D eigenvalue weighted by Crippen LogP contribution is 2.27. The van der Waals surface area contributed by atoms with Crippen LogP contribution in [0.25, 0.3) is 22.3 Å². The van der Waals surface area contributed by atoms with Crippen molar-refractivity contribution in [2.24, 2.45) is 0 Å². The van der Waals surface area contributed by atoms with Crippen molar-refractivity contribution < 1.29 is 9.47 Å². The van der Waals surface area contributed by atoms with Crippen molar-refractivity contribution in [3.05, 3.63) is 84.4 Å². The van der Waals surface area contributed by atoms with Gasteiger partial charge in [-0.05, 0) is 27.8 Å². The lowest BCUT2D eigenvalue weighted by atomic mass is 9.96. The summed E-state index contributed by atoms with van der Waals surface area (Å²) in [5.41, 5.74) is 6.23. The summed E-state index contributed by atoms with van der Waals surface area (Å²) in [6, 6.07) is 27.9. The minimum absolute atomic E-state index is 0.341. The third kappa shape index (κ3) is 3.25. The normalized spacial score (nSPS) is 15.3. The maximum Gasteiger partial charge on any atom is 0.146 e. The molecule has 3 aromatic rings. The highest BCUT2D eigenvalue weighted by molar-refractivity contribution is 5.70. The standard InChI is InChI=1S/C22H20O2/c1-2-4-17(5-3-1)18-6-8-19(9-7-18)20-10-12-21(13-11-20)22-14-23-16-24-15-22/h1-13,22H,14-16H2. The first-order valence-corrected chi connectivity index (χ1v) is 8.31. The second-order valence-electron chi connectivity index (χ2n) is 6.12. The zero-order valence-electron chi connectivity index (χ0n) is 13.5. The maximum atomic E-state index is 5.38. The van der Waals surface area contributed by atoms with Crippen LogP contribution in [0.1, 0.15) is 11.5 Å². The molecular formula is C22H20O2. The van der Waals surface area contributed by atoms with Gasteiger partial charge in [0.1, 0.15) is 6.79 Å². The third-order valence-corrected chi connectivity index (χ3v) is 4.51. The Hall–Kier alpha value is -2.42. The summed E-state index contributed by atoms with van der Waals surface area (Å²) < 4.78 is 10.8. The van der Waals surface area contributed by atoms with Crippen molar-refractivity contribution in [3.63, 3.8) is 0 Å². The number of rotatable bonds is 3. The molecule has 1 aliphatic heterocycles. The van der Waals surface area contributed by atoms with E-state index in [2.05, 4.69) is 72.8 Å². The Balaban J connectivity index is 1.53. The fourth-order valence-corrected chi connectivity index (χ4v) is 3.11. The molecule has 0 N–H and O–H groups in total. The van der Waals surface area contributed by atoms with Crippen molar-refractivity contribution >= 4 is 0 Å². The minimum atomic E-state index is 0.341. The first-order chi connectivity index (χ1) is 11.9. The van der Waals surface area contributed by atoms with Crippen LogP contribution in [0, 0.1) is 0 Å². The summed E-state index contributed by atoms with van der Waals surface area (Å²) in [6.07, 6.45) is 0. The van der Waals surface area contributed by atoms with E-state index >= 15 is 0 Å². The topological polar surface area (TPSA) is 18.5 Å². The van der Waals surface area contributed by atoms with Gasteiger partial charge in [0.25, 0.3) is 0 Å². The molecule has 0 aliphatic carbocycles. The molecule has 0 atom stereocenters. The van der Waals surface area contributed by atoms with Gasteiger partial charge in [-0.2, -0.15) is 0 Å². The Bertz CT molecular complexity index is 770. The molecule has 1 heterocycles. The lowest BCUT2D eigenvalue weighted by Crippen LogP contribution is -2.22. The van der Waals surface area contributed by atoms with Gasteiger partial charge in [0.05, 0.1) is 13.2 Å². The lowest BCUT2D eigenvalue weighted by Gasteiger charge is -2.22. The molecule has 2 nitrogen and oxygen atoms in total. The Morgan fingerprint density at radius 1 is 0.542 bits per heavy atom. The summed E-state index contributed by atoms with van der Waals surface area (Å²) >= 11 is 0. The fraction of sp³-hybridized carbons (Fsp3) is 0.182. The van der Waals surface area contributed by atoms with Crippen molar-refractivity contribution in [3.8, 4) is 22.3 Å². The Morgan fingerprint density at radius 2 is 1.00 bits per heavy atom. The van der Waals surface area contributed by atoms with Gasteiger partial charge in [0.2, 0.25) is 0 Å². The number of hydrogen-bond acceptors (Lipinski definition) is 2. The van der Waals surface area contributed by atoms with E-state index < -0.39 is 0 Å². The van der Waals surface area contributed by atoms with Gasteiger partial charge in [-0.25, -0.2) is 0 Å². The van der Waals surface area contributed by atoms with E-state index in [0.29, 0.717) is 12.7 Å². The quantitative estimate of drug-likeness (QED) is 0.668. The average Bonchev–Trinajstić information content (AvgIpc) is 2.70. The van der Waals surface area contributed by atoms with E-state index in [1.165, 1.54) is 27.8 Å². The Morgan fingerprint density at radius 3 is 1.54 bits per heavy atom. The summed E-state index contributed by atoms with van der Waals surface area (Å²) in [5.74, 6) is 0.341. The van der Waals surface area contributed by atoms with Gasteiger partial charge in [0.15, 0.2) is 0 Å². The molecule has 2 heteroatoms. The van der Waals surface area contributed by atoms with Gasteiger partial charge in [-0.1, -0.05) is 78.9 Å². The summed E-state index contributed by atoms with van der Waals surface area (Å²) in [5, 5.41) is 0. The van der Waals surface area contributed by atoms with Crippen molar-refractivity contribution in [2.75, 3.05) is 20.0 Å². The van der Waals surface area contributed by atoms with Crippen LogP contribution < -0.4 is 0 Å². The lowest BCUT2D eigenvalue weighted by molar-refractivity contribution is -0.108. The predicted molar refractivity (Wildman–Crippen MR) is 96.8 cm³/mol. The average molecular weight is 316 g/mol. The Labute approximate surface area is 142 Å². The van der Waals surface area contributed by atoms with Crippen molar-refractivity contribution in [1.29, 1.82) is 0 Å². The molecule has 4 rings (SSSR count). The molecule has 0 aromatic heterocycles. The number of ether oxygens (including phenoxy) is 2. The number of benzene rings is 3. The smallest absolute Gasteiger partial charge is 0.146 e. The molecular weight excluding hydrogens is 296 g/mol. The van der Waals surface area contributed by atoms with Crippen LogP contribution >= 0.6 is 0 Å². The van der Waals surface area contributed by atoms with Crippen LogP contribution in [0.4, 0.5) is 0 Å². The van der Waals surface area contributed by atoms with Crippen molar-refractivity contribution in [2.45, 2.75) is 5.92 Å². The molecule has 24 heavy (non-hydrogen) atoms. The summed E-state index contributed by atoms with van der Waals surface area (Å²) in [7, 11) is 0. The molecule has 0 radical (unpaired) electrons. The summed E-state index contributed by atoms with van der Waals surface area (Å²) in [6.45, 7) is 1.90. The molecule has 0 saturated carbocycles. The Kier molecular flexibility index (Phi) is 4.41. The van der Waals surface area contributed by atoms with Crippen LogP contribution in [0.3, 0.4) is 0 Å². The van der Waals surface area contributed by atoms with Crippen LogP contribution in [-0.2, 0) is 9.47 Å². The highest BCUT2D eigenvalue weighted by atomic mass is 16.7. The van der Waals surface area contributed by atoms with Gasteiger partial charge in [0, 0.05) is 5.92 Å². The van der Waals surface area contributed by atoms with Crippen LogP contribution in [0.5, 0.6) is 0 Å². The van der Waals surface area contributed by atoms with E-state index in [4.69, 9.17) is 9.47 Å². The fourth-order valence-electron chi connectivity index (χ4n) is 3.11. The van der Waals surface area contributed by atoms with Gasteiger partial charge in [-0.15, -0.1) is 0 Å². The molecule has 0 amide bonds. The largest absolute Gasteiger partial charge is 0.355 e. The van der Waals surface area contributed by atoms with E-state index in [0.717, 1.165) is 13.2 Å². The van der Waals surface area contributed by atoms with E-state index in [9.17, 15) is 0 Å². The molecule has 3 aromatic carbocycles. The van der Waals surface area contributed by atoms with Crippen LogP contribution in [0.2, 0.25) is 0 Å². The maximum absolute atomic E-state index is 5.38. The predicted octanol–water partition coefficient (Wildman–Crippen LogP) is 5.11. The van der Waals surface area contributed by atoms with Gasteiger partial charge >= 0.3 is 0 Å². The van der Waals surface area contributed by atoms with E-state index in [1.54, 1.807) is 0 Å². The van der Waals surface area contributed by atoms with E-state index in [1.807, 2.05) is 6.07 Å².